The Morgan fingerprint density at radius 3 is 2.78 bits per heavy atom. The summed E-state index contributed by atoms with van der Waals surface area (Å²) in [6, 6.07) is 11.6. The van der Waals surface area contributed by atoms with Crippen molar-refractivity contribution in [2.45, 2.75) is 32.2 Å². The van der Waals surface area contributed by atoms with E-state index < -0.39 is 0 Å². The second-order valence-corrected chi connectivity index (χ2v) is 5.42. The van der Waals surface area contributed by atoms with Gasteiger partial charge < -0.3 is 5.32 Å². The Hall–Kier alpha value is -0.860. The van der Waals surface area contributed by atoms with Crippen molar-refractivity contribution in [2.24, 2.45) is 5.92 Å². The van der Waals surface area contributed by atoms with Gasteiger partial charge in [-0.15, -0.1) is 0 Å². The molecule has 100 valence electrons. The standard InChI is InChI=1S/C16H26N2/c1-3-7-16(15-8-5-4-6-9-15)18-11-10-14(13-18)12-17-2/h4-6,8-9,14,16-17H,3,7,10-13H2,1-2H3. The Bertz CT molecular complexity index is 336. The van der Waals surface area contributed by atoms with Crippen molar-refractivity contribution in [1.29, 1.82) is 0 Å². The van der Waals surface area contributed by atoms with Crippen LogP contribution in [-0.4, -0.2) is 31.6 Å². The Morgan fingerprint density at radius 1 is 1.33 bits per heavy atom. The Kier molecular flexibility index (Phi) is 5.21. The SMILES string of the molecule is CCCC(c1ccccc1)N1CCC(CNC)C1. The average Bonchev–Trinajstić information content (AvgIpc) is 2.86. The summed E-state index contributed by atoms with van der Waals surface area (Å²) in [5.41, 5.74) is 1.49. The van der Waals surface area contributed by atoms with Crippen LogP contribution < -0.4 is 5.32 Å². The molecule has 1 fully saturated rings. The number of hydrogen-bond acceptors (Lipinski definition) is 2. The van der Waals surface area contributed by atoms with Crippen LogP contribution in [0.2, 0.25) is 0 Å². The van der Waals surface area contributed by atoms with E-state index in [2.05, 4.69) is 54.5 Å². The van der Waals surface area contributed by atoms with Crippen LogP contribution in [0, 0.1) is 5.92 Å². The summed E-state index contributed by atoms with van der Waals surface area (Å²) in [7, 11) is 2.06. The van der Waals surface area contributed by atoms with E-state index in [1.807, 2.05) is 0 Å². The third-order valence-corrected chi connectivity index (χ3v) is 4.00. The Balaban J connectivity index is 2.03. The highest BCUT2D eigenvalue weighted by Gasteiger charge is 2.27. The van der Waals surface area contributed by atoms with Gasteiger partial charge in [0.15, 0.2) is 0 Å². The van der Waals surface area contributed by atoms with Gasteiger partial charge in [0.2, 0.25) is 0 Å². The van der Waals surface area contributed by atoms with E-state index in [1.165, 1.54) is 37.9 Å². The summed E-state index contributed by atoms with van der Waals surface area (Å²) in [4.78, 5) is 2.68. The van der Waals surface area contributed by atoms with Crippen molar-refractivity contribution in [3.63, 3.8) is 0 Å². The summed E-state index contributed by atoms with van der Waals surface area (Å²) in [6.45, 7) is 5.95. The highest BCUT2D eigenvalue weighted by atomic mass is 15.2. The molecule has 2 unspecified atom stereocenters. The first-order valence-electron chi connectivity index (χ1n) is 7.28. The monoisotopic (exact) mass is 246 g/mol. The molecular weight excluding hydrogens is 220 g/mol. The smallest absolute Gasteiger partial charge is 0.0348 e. The van der Waals surface area contributed by atoms with E-state index in [1.54, 1.807) is 0 Å². The molecule has 0 saturated carbocycles. The molecule has 2 nitrogen and oxygen atoms in total. The first kappa shape index (κ1) is 13.6. The second kappa shape index (κ2) is 6.91. The molecule has 2 heteroatoms. The van der Waals surface area contributed by atoms with E-state index in [0.29, 0.717) is 6.04 Å². The van der Waals surface area contributed by atoms with Crippen molar-refractivity contribution in [3.05, 3.63) is 35.9 Å². The lowest BCUT2D eigenvalue weighted by atomic mass is 10.0. The molecule has 0 radical (unpaired) electrons. The first-order chi connectivity index (χ1) is 8.85. The molecular formula is C16H26N2. The minimum absolute atomic E-state index is 0.623. The van der Waals surface area contributed by atoms with Gasteiger partial charge in [-0.05, 0) is 44.5 Å². The van der Waals surface area contributed by atoms with Gasteiger partial charge in [-0.25, -0.2) is 0 Å². The minimum atomic E-state index is 0.623. The maximum absolute atomic E-state index is 3.31. The number of nitrogens with one attached hydrogen (secondary N) is 1. The largest absolute Gasteiger partial charge is 0.319 e. The summed E-state index contributed by atoms with van der Waals surface area (Å²) in [5, 5.41) is 3.31. The molecule has 0 spiro atoms. The lowest BCUT2D eigenvalue weighted by molar-refractivity contribution is 0.223. The second-order valence-electron chi connectivity index (χ2n) is 5.42. The number of benzene rings is 1. The zero-order valence-electron chi connectivity index (χ0n) is 11.7. The molecule has 1 aromatic carbocycles. The maximum Gasteiger partial charge on any atom is 0.0348 e. The van der Waals surface area contributed by atoms with Crippen molar-refractivity contribution in [2.75, 3.05) is 26.7 Å². The maximum atomic E-state index is 3.31. The molecule has 18 heavy (non-hydrogen) atoms. The molecule has 0 aliphatic carbocycles. The third-order valence-electron chi connectivity index (χ3n) is 4.00. The summed E-state index contributed by atoms with van der Waals surface area (Å²) in [5.74, 6) is 0.832. The summed E-state index contributed by atoms with van der Waals surface area (Å²) >= 11 is 0. The average molecular weight is 246 g/mol. The predicted octanol–water partition coefficient (Wildman–Crippen LogP) is 3.07. The van der Waals surface area contributed by atoms with Gasteiger partial charge in [0.1, 0.15) is 0 Å². The molecule has 1 aliphatic rings. The van der Waals surface area contributed by atoms with Gasteiger partial charge in [-0.1, -0.05) is 43.7 Å². The van der Waals surface area contributed by atoms with Crippen LogP contribution in [0.15, 0.2) is 30.3 Å². The minimum Gasteiger partial charge on any atom is -0.319 e. The fraction of sp³-hybridized carbons (Fsp3) is 0.625. The quantitative estimate of drug-likeness (QED) is 0.830. The molecule has 1 aromatic rings. The molecule has 1 aliphatic heterocycles. The van der Waals surface area contributed by atoms with Gasteiger partial charge in [0.25, 0.3) is 0 Å². The third kappa shape index (κ3) is 3.33. The summed E-state index contributed by atoms with van der Waals surface area (Å²) in [6.07, 6.45) is 3.87. The zero-order valence-corrected chi connectivity index (χ0v) is 11.7. The van der Waals surface area contributed by atoms with Crippen molar-refractivity contribution in [3.8, 4) is 0 Å². The zero-order chi connectivity index (χ0) is 12.8. The molecule has 1 heterocycles. The van der Waals surface area contributed by atoms with Gasteiger partial charge in [0, 0.05) is 12.6 Å². The van der Waals surface area contributed by atoms with Crippen LogP contribution in [-0.2, 0) is 0 Å². The number of nitrogens with zero attached hydrogens (tertiary/aromatic N) is 1. The molecule has 0 amide bonds. The van der Waals surface area contributed by atoms with Crippen LogP contribution in [0.5, 0.6) is 0 Å². The van der Waals surface area contributed by atoms with E-state index in [-0.39, 0.29) is 0 Å². The normalized spacial score (nSPS) is 22.2. The van der Waals surface area contributed by atoms with E-state index in [0.717, 1.165) is 12.5 Å². The highest BCUT2D eigenvalue weighted by molar-refractivity contribution is 5.19. The van der Waals surface area contributed by atoms with Gasteiger partial charge in [-0.3, -0.25) is 4.90 Å². The lowest BCUT2D eigenvalue weighted by Crippen LogP contribution is -2.28. The fourth-order valence-electron chi connectivity index (χ4n) is 3.11. The number of likely N-dealkylation sites (tertiary alicyclic amines) is 1. The molecule has 0 aromatic heterocycles. The molecule has 1 N–H and O–H groups in total. The topological polar surface area (TPSA) is 15.3 Å². The van der Waals surface area contributed by atoms with Gasteiger partial charge >= 0.3 is 0 Å². The molecule has 2 atom stereocenters. The van der Waals surface area contributed by atoms with Crippen LogP contribution in [0.1, 0.15) is 37.8 Å². The van der Waals surface area contributed by atoms with Crippen LogP contribution >= 0.6 is 0 Å². The number of hydrogen-bond donors (Lipinski definition) is 1. The van der Waals surface area contributed by atoms with Crippen molar-refractivity contribution < 1.29 is 0 Å². The Morgan fingerprint density at radius 2 is 2.11 bits per heavy atom. The van der Waals surface area contributed by atoms with E-state index in [9.17, 15) is 0 Å². The van der Waals surface area contributed by atoms with Crippen LogP contribution in [0.25, 0.3) is 0 Å². The predicted molar refractivity (Wildman–Crippen MR) is 77.7 cm³/mol. The first-order valence-corrected chi connectivity index (χ1v) is 7.28. The Labute approximate surface area is 111 Å². The highest BCUT2D eigenvalue weighted by Crippen LogP contribution is 2.30. The molecule has 0 bridgehead atoms. The van der Waals surface area contributed by atoms with Crippen molar-refractivity contribution in [1.82, 2.24) is 10.2 Å². The molecule has 1 saturated heterocycles. The fourth-order valence-corrected chi connectivity index (χ4v) is 3.11. The van der Waals surface area contributed by atoms with Gasteiger partial charge in [0.05, 0.1) is 0 Å². The van der Waals surface area contributed by atoms with Crippen LogP contribution in [0.3, 0.4) is 0 Å². The van der Waals surface area contributed by atoms with Gasteiger partial charge in [-0.2, -0.15) is 0 Å². The lowest BCUT2D eigenvalue weighted by Gasteiger charge is -2.28. The van der Waals surface area contributed by atoms with E-state index >= 15 is 0 Å². The molecule has 2 rings (SSSR count). The summed E-state index contributed by atoms with van der Waals surface area (Å²) < 4.78 is 0. The van der Waals surface area contributed by atoms with Crippen LogP contribution in [0.4, 0.5) is 0 Å². The number of rotatable bonds is 6. The van der Waals surface area contributed by atoms with E-state index in [4.69, 9.17) is 0 Å². The van der Waals surface area contributed by atoms with Crippen molar-refractivity contribution >= 4 is 0 Å².